The Morgan fingerprint density at radius 3 is 2.52 bits per heavy atom. The Morgan fingerprint density at radius 1 is 1.05 bits per heavy atom. The summed E-state index contributed by atoms with van der Waals surface area (Å²) in [6, 6.07) is 17.7. The molecule has 0 bridgehead atoms. The van der Waals surface area contributed by atoms with Crippen LogP contribution in [0.4, 0.5) is 0 Å². The van der Waals surface area contributed by atoms with Gasteiger partial charge < -0.3 is 10.3 Å². The number of rotatable bonds is 4. The lowest BCUT2D eigenvalue weighted by Gasteiger charge is -2.06. The third-order valence-electron chi connectivity index (χ3n) is 3.44. The maximum atomic E-state index is 6.16. The molecule has 1 atom stereocenters. The van der Waals surface area contributed by atoms with Crippen LogP contribution in [0.25, 0.3) is 11.4 Å². The fraction of sp³-hybridized carbons (Fsp3) is 0.176. The Kier molecular flexibility index (Phi) is 3.79. The van der Waals surface area contributed by atoms with Gasteiger partial charge in [0.1, 0.15) is 0 Å². The van der Waals surface area contributed by atoms with Crippen molar-refractivity contribution in [3.8, 4) is 11.4 Å². The molecule has 0 spiro atoms. The molecular formula is C17H17N3O. The zero-order valence-electron chi connectivity index (χ0n) is 11.9. The Hall–Kier alpha value is -2.46. The molecular weight excluding hydrogens is 262 g/mol. The van der Waals surface area contributed by atoms with E-state index in [0.29, 0.717) is 18.1 Å². The van der Waals surface area contributed by atoms with Crippen LogP contribution in [0.3, 0.4) is 0 Å². The molecule has 0 fully saturated rings. The number of hydrogen-bond acceptors (Lipinski definition) is 4. The number of aromatic nitrogens is 2. The number of aryl methyl sites for hydroxylation is 1. The SMILES string of the molecule is Cc1ccccc1-c1noc([C@@H](N)Cc2ccccc2)n1. The highest BCUT2D eigenvalue weighted by Gasteiger charge is 2.16. The van der Waals surface area contributed by atoms with Crippen LogP contribution in [0.1, 0.15) is 23.1 Å². The van der Waals surface area contributed by atoms with Crippen LogP contribution in [-0.4, -0.2) is 10.1 Å². The van der Waals surface area contributed by atoms with Gasteiger partial charge in [0.05, 0.1) is 6.04 Å². The second-order valence-corrected chi connectivity index (χ2v) is 5.07. The molecule has 2 N–H and O–H groups in total. The second kappa shape index (κ2) is 5.89. The molecule has 3 rings (SSSR count). The van der Waals surface area contributed by atoms with Gasteiger partial charge in [0.25, 0.3) is 0 Å². The van der Waals surface area contributed by atoms with Crippen molar-refractivity contribution in [3.05, 3.63) is 71.6 Å². The number of benzene rings is 2. The third-order valence-corrected chi connectivity index (χ3v) is 3.44. The fourth-order valence-corrected chi connectivity index (χ4v) is 2.27. The molecule has 0 aliphatic carbocycles. The van der Waals surface area contributed by atoms with Gasteiger partial charge in [0.15, 0.2) is 0 Å². The van der Waals surface area contributed by atoms with E-state index in [2.05, 4.69) is 10.1 Å². The third kappa shape index (κ3) is 3.01. The van der Waals surface area contributed by atoms with E-state index in [1.165, 1.54) is 0 Å². The second-order valence-electron chi connectivity index (χ2n) is 5.07. The quantitative estimate of drug-likeness (QED) is 0.796. The van der Waals surface area contributed by atoms with Crippen molar-refractivity contribution in [2.24, 2.45) is 5.73 Å². The van der Waals surface area contributed by atoms with E-state index in [-0.39, 0.29) is 6.04 Å². The molecule has 21 heavy (non-hydrogen) atoms. The fourth-order valence-electron chi connectivity index (χ4n) is 2.27. The summed E-state index contributed by atoms with van der Waals surface area (Å²) in [5.74, 6) is 1.06. The molecule has 0 saturated carbocycles. The average molecular weight is 279 g/mol. The predicted molar refractivity (Wildman–Crippen MR) is 81.5 cm³/mol. The van der Waals surface area contributed by atoms with Crippen LogP contribution in [-0.2, 0) is 6.42 Å². The largest absolute Gasteiger partial charge is 0.337 e. The molecule has 4 nitrogen and oxygen atoms in total. The number of nitrogens with zero attached hydrogens (tertiary/aromatic N) is 2. The Morgan fingerprint density at radius 2 is 1.76 bits per heavy atom. The van der Waals surface area contributed by atoms with Gasteiger partial charge in [0.2, 0.25) is 11.7 Å². The van der Waals surface area contributed by atoms with Gasteiger partial charge in [-0.05, 0) is 24.5 Å². The Balaban J connectivity index is 1.80. The number of nitrogens with two attached hydrogens (primary N) is 1. The molecule has 0 radical (unpaired) electrons. The van der Waals surface area contributed by atoms with Crippen molar-refractivity contribution < 1.29 is 4.52 Å². The molecule has 0 saturated heterocycles. The smallest absolute Gasteiger partial charge is 0.244 e. The van der Waals surface area contributed by atoms with Crippen LogP contribution in [0.15, 0.2) is 59.1 Å². The van der Waals surface area contributed by atoms with E-state index >= 15 is 0 Å². The van der Waals surface area contributed by atoms with E-state index in [0.717, 1.165) is 16.7 Å². The lowest BCUT2D eigenvalue weighted by atomic mass is 10.1. The molecule has 2 aromatic carbocycles. The van der Waals surface area contributed by atoms with Crippen LogP contribution < -0.4 is 5.73 Å². The maximum absolute atomic E-state index is 6.16. The van der Waals surface area contributed by atoms with E-state index in [4.69, 9.17) is 10.3 Å². The average Bonchev–Trinajstić information content (AvgIpc) is 2.98. The summed E-state index contributed by atoms with van der Waals surface area (Å²) in [5.41, 5.74) is 9.40. The normalized spacial score (nSPS) is 12.3. The highest BCUT2D eigenvalue weighted by Crippen LogP contribution is 2.22. The number of hydrogen-bond donors (Lipinski definition) is 1. The molecule has 1 aromatic heterocycles. The minimum Gasteiger partial charge on any atom is -0.337 e. The summed E-state index contributed by atoms with van der Waals surface area (Å²) in [5, 5.41) is 4.04. The molecule has 0 aliphatic rings. The molecule has 1 heterocycles. The molecule has 106 valence electrons. The van der Waals surface area contributed by atoms with Crippen LogP contribution in [0, 0.1) is 6.92 Å². The van der Waals surface area contributed by atoms with Gasteiger partial charge in [-0.1, -0.05) is 59.8 Å². The molecule has 0 unspecified atom stereocenters. The Bertz CT molecular complexity index is 722. The summed E-state index contributed by atoms with van der Waals surface area (Å²) < 4.78 is 5.32. The molecule has 3 aromatic rings. The first-order chi connectivity index (χ1) is 10.2. The van der Waals surface area contributed by atoms with Crippen molar-refractivity contribution in [2.45, 2.75) is 19.4 Å². The van der Waals surface area contributed by atoms with Crippen molar-refractivity contribution >= 4 is 0 Å². The van der Waals surface area contributed by atoms with E-state index in [9.17, 15) is 0 Å². The highest BCUT2D eigenvalue weighted by molar-refractivity contribution is 5.58. The van der Waals surface area contributed by atoms with E-state index < -0.39 is 0 Å². The highest BCUT2D eigenvalue weighted by atomic mass is 16.5. The molecule has 4 heteroatoms. The van der Waals surface area contributed by atoms with Crippen LogP contribution in [0.5, 0.6) is 0 Å². The lowest BCUT2D eigenvalue weighted by molar-refractivity contribution is 0.354. The Labute approximate surface area is 123 Å². The first-order valence-electron chi connectivity index (χ1n) is 6.93. The standard InChI is InChI=1S/C17H17N3O/c1-12-7-5-6-10-14(12)16-19-17(21-20-16)15(18)11-13-8-3-2-4-9-13/h2-10,15H,11,18H2,1H3/t15-/m0/s1. The van der Waals surface area contributed by atoms with Gasteiger partial charge in [-0.25, -0.2) is 0 Å². The maximum Gasteiger partial charge on any atom is 0.244 e. The van der Waals surface area contributed by atoms with Crippen molar-refractivity contribution in [3.63, 3.8) is 0 Å². The first-order valence-corrected chi connectivity index (χ1v) is 6.93. The lowest BCUT2D eigenvalue weighted by Crippen LogP contribution is -2.13. The summed E-state index contributed by atoms with van der Waals surface area (Å²) >= 11 is 0. The van der Waals surface area contributed by atoms with Gasteiger partial charge in [-0.15, -0.1) is 0 Å². The van der Waals surface area contributed by atoms with Crippen molar-refractivity contribution in [2.75, 3.05) is 0 Å². The van der Waals surface area contributed by atoms with Crippen LogP contribution >= 0.6 is 0 Å². The summed E-state index contributed by atoms with van der Waals surface area (Å²) in [7, 11) is 0. The van der Waals surface area contributed by atoms with Crippen LogP contribution in [0.2, 0.25) is 0 Å². The topological polar surface area (TPSA) is 64.9 Å². The van der Waals surface area contributed by atoms with Crippen molar-refractivity contribution in [1.82, 2.24) is 10.1 Å². The van der Waals surface area contributed by atoms with Gasteiger partial charge in [-0.3, -0.25) is 0 Å². The zero-order chi connectivity index (χ0) is 14.7. The minimum absolute atomic E-state index is 0.294. The van der Waals surface area contributed by atoms with E-state index in [1.807, 2.05) is 61.5 Å². The van der Waals surface area contributed by atoms with Gasteiger partial charge in [0, 0.05) is 5.56 Å². The molecule has 0 aliphatic heterocycles. The summed E-state index contributed by atoms with van der Waals surface area (Å²) in [6.45, 7) is 2.02. The predicted octanol–water partition coefficient (Wildman–Crippen LogP) is 3.29. The summed E-state index contributed by atoms with van der Waals surface area (Å²) in [4.78, 5) is 4.43. The zero-order valence-corrected chi connectivity index (χ0v) is 11.9. The van der Waals surface area contributed by atoms with Gasteiger partial charge in [-0.2, -0.15) is 4.98 Å². The van der Waals surface area contributed by atoms with Crippen molar-refractivity contribution in [1.29, 1.82) is 0 Å². The van der Waals surface area contributed by atoms with Gasteiger partial charge >= 0.3 is 0 Å². The molecule has 0 amide bonds. The minimum atomic E-state index is -0.294. The first kappa shape index (κ1) is 13.5. The monoisotopic (exact) mass is 279 g/mol. The van der Waals surface area contributed by atoms with E-state index in [1.54, 1.807) is 0 Å². The summed E-state index contributed by atoms with van der Waals surface area (Å²) in [6.07, 6.45) is 0.677.